The first-order chi connectivity index (χ1) is 11.4. The summed E-state index contributed by atoms with van der Waals surface area (Å²) in [4.78, 5) is 0.0875. The molecule has 0 spiro atoms. The summed E-state index contributed by atoms with van der Waals surface area (Å²) in [5.74, 6) is 0.128. The average Bonchev–Trinajstić information content (AvgIpc) is 2.55. The second-order valence-corrected chi connectivity index (χ2v) is 9.26. The highest BCUT2D eigenvalue weighted by atomic mass is 32.2. The van der Waals surface area contributed by atoms with Gasteiger partial charge in [0.05, 0.1) is 16.3 Å². The number of anilines is 2. The van der Waals surface area contributed by atoms with Crippen molar-refractivity contribution in [2.75, 3.05) is 21.3 Å². The van der Waals surface area contributed by atoms with Crippen molar-refractivity contribution < 1.29 is 16.8 Å². The van der Waals surface area contributed by atoms with Crippen LogP contribution in [0.2, 0.25) is 0 Å². The van der Waals surface area contributed by atoms with E-state index in [9.17, 15) is 16.8 Å². The molecule has 0 aliphatic carbocycles. The number of hydrogen-bond donors (Lipinski definition) is 1. The fourth-order valence-electron chi connectivity index (χ4n) is 2.59. The first kappa shape index (κ1) is 16.8. The van der Waals surface area contributed by atoms with E-state index in [1.165, 1.54) is 28.6 Å². The molecule has 2 aromatic carbocycles. The summed E-state index contributed by atoms with van der Waals surface area (Å²) in [6.07, 6.45) is 1.46. The fourth-order valence-corrected chi connectivity index (χ4v) is 5.29. The summed E-state index contributed by atoms with van der Waals surface area (Å²) in [7, 11) is -7.01. The van der Waals surface area contributed by atoms with Crippen LogP contribution in [-0.2, 0) is 20.0 Å². The fraction of sp³-hybridized carbons (Fsp3) is 0.250. The number of sulfonamides is 2. The molecule has 2 aromatic rings. The minimum atomic E-state index is -3.71. The van der Waals surface area contributed by atoms with Crippen molar-refractivity contribution in [3.8, 4) is 0 Å². The third kappa shape index (κ3) is 3.54. The smallest absolute Gasteiger partial charge is 0.261 e. The minimum Gasteiger partial charge on any atom is -0.280 e. The summed E-state index contributed by atoms with van der Waals surface area (Å²) in [5.41, 5.74) is 0.966. The molecule has 1 aliphatic heterocycles. The lowest BCUT2D eigenvalue weighted by molar-refractivity contribution is 0.574. The molecule has 1 fully saturated rings. The predicted molar refractivity (Wildman–Crippen MR) is 94.1 cm³/mol. The molecule has 24 heavy (non-hydrogen) atoms. The second kappa shape index (κ2) is 6.45. The maximum atomic E-state index is 12.4. The van der Waals surface area contributed by atoms with E-state index in [0.29, 0.717) is 24.3 Å². The van der Waals surface area contributed by atoms with Crippen LogP contribution in [0.5, 0.6) is 0 Å². The number of benzene rings is 2. The molecular weight excluding hydrogens is 348 g/mol. The van der Waals surface area contributed by atoms with Gasteiger partial charge in [-0.05, 0) is 49.2 Å². The quantitative estimate of drug-likeness (QED) is 0.901. The van der Waals surface area contributed by atoms with E-state index < -0.39 is 20.0 Å². The first-order valence-corrected chi connectivity index (χ1v) is 10.7. The van der Waals surface area contributed by atoms with Crippen LogP contribution < -0.4 is 9.03 Å². The Morgan fingerprint density at radius 2 is 1.58 bits per heavy atom. The lowest BCUT2D eigenvalue weighted by atomic mass is 10.3. The third-order valence-corrected chi connectivity index (χ3v) is 7.08. The Bertz CT molecular complexity index is 908. The van der Waals surface area contributed by atoms with E-state index in [1.54, 1.807) is 30.3 Å². The summed E-state index contributed by atoms with van der Waals surface area (Å²) >= 11 is 0. The largest absolute Gasteiger partial charge is 0.280 e. The lowest BCUT2D eigenvalue weighted by Gasteiger charge is -2.28. The molecule has 128 valence electrons. The normalized spacial score (nSPS) is 17.4. The summed E-state index contributed by atoms with van der Waals surface area (Å²) in [6, 6.07) is 14.5. The predicted octanol–water partition coefficient (Wildman–Crippen LogP) is 2.42. The van der Waals surface area contributed by atoms with Gasteiger partial charge in [-0.15, -0.1) is 0 Å². The van der Waals surface area contributed by atoms with Crippen LogP contribution in [-0.4, -0.2) is 29.1 Å². The van der Waals surface area contributed by atoms with E-state index in [4.69, 9.17) is 0 Å². The highest BCUT2D eigenvalue weighted by Gasteiger charge is 2.26. The summed E-state index contributed by atoms with van der Waals surface area (Å²) in [6.45, 7) is 0.427. The van der Waals surface area contributed by atoms with Gasteiger partial charge in [0.25, 0.3) is 10.0 Å². The number of rotatable bonds is 4. The van der Waals surface area contributed by atoms with Gasteiger partial charge in [-0.25, -0.2) is 16.8 Å². The van der Waals surface area contributed by atoms with E-state index in [-0.39, 0.29) is 10.6 Å². The van der Waals surface area contributed by atoms with Crippen LogP contribution in [0.25, 0.3) is 0 Å². The van der Waals surface area contributed by atoms with E-state index in [1.807, 2.05) is 0 Å². The maximum absolute atomic E-state index is 12.4. The highest BCUT2D eigenvalue weighted by molar-refractivity contribution is 7.93. The van der Waals surface area contributed by atoms with Crippen molar-refractivity contribution in [1.29, 1.82) is 0 Å². The SMILES string of the molecule is O=S(=O)(Nc1ccccc1)c1ccc(N2CCCCS2(=O)=O)cc1. The Balaban J connectivity index is 1.84. The van der Waals surface area contributed by atoms with Crippen LogP contribution in [0, 0.1) is 0 Å². The van der Waals surface area contributed by atoms with E-state index >= 15 is 0 Å². The Hall–Kier alpha value is -2.06. The van der Waals surface area contributed by atoms with Gasteiger partial charge in [0.15, 0.2) is 0 Å². The molecule has 0 amide bonds. The Kier molecular flexibility index (Phi) is 4.51. The average molecular weight is 366 g/mol. The van der Waals surface area contributed by atoms with Crippen molar-refractivity contribution in [2.45, 2.75) is 17.7 Å². The van der Waals surface area contributed by atoms with Gasteiger partial charge in [-0.2, -0.15) is 0 Å². The van der Waals surface area contributed by atoms with Gasteiger partial charge < -0.3 is 0 Å². The van der Waals surface area contributed by atoms with Gasteiger partial charge in [-0.1, -0.05) is 18.2 Å². The molecule has 3 rings (SSSR count). The second-order valence-electron chi connectivity index (χ2n) is 5.56. The van der Waals surface area contributed by atoms with Gasteiger partial charge in [0, 0.05) is 12.2 Å². The molecule has 1 heterocycles. The monoisotopic (exact) mass is 366 g/mol. The molecule has 0 aromatic heterocycles. The molecule has 1 aliphatic rings. The number of nitrogens with zero attached hydrogens (tertiary/aromatic N) is 1. The van der Waals surface area contributed by atoms with Crippen LogP contribution in [0.3, 0.4) is 0 Å². The maximum Gasteiger partial charge on any atom is 0.261 e. The Morgan fingerprint density at radius 3 is 2.21 bits per heavy atom. The van der Waals surface area contributed by atoms with Crippen molar-refractivity contribution in [3.63, 3.8) is 0 Å². The minimum absolute atomic E-state index is 0.0875. The summed E-state index contributed by atoms with van der Waals surface area (Å²) < 4.78 is 52.8. The Morgan fingerprint density at radius 1 is 0.917 bits per heavy atom. The molecule has 0 radical (unpaired) electrons. The van der Waals surface area contributed by atoms with Gasteiger partial charge >= 0.3 is 0 Å². The van der Waals surface area contributed by atoms with Gasteiger partial charge in [-0.3, -0.25) is 9.03 Å². The number of nitrogens with one attached hydrogen (secondary N) is 1. The van der Waals surface area contributed by atoms with Crippen LogP contribution >= 0.6 is 0 Å². The molecule has 1 saturated heterocycles. The van der Waals surface area contributed by atoms with Crippen molar-refractivity contribution in [2.24, 2.45) is 0 Å². The van der Waals surface area contributed by atoms with Crippen molar-refractivity contribution >= 4 is 31.4 Å². The zero-order chi connectivity index (χ0) is 17.2. The van der Waals surface area contributed by atoms with Gasteiger partial charge in [0.2, 0.25) is 10.0 Å². The molecule has 0 unspecified atom stereocenters. The highest BCUT2D eigenvalue weighted by Crippen LogP contribution is 2.25. The van der Waals surface area contributed by atoms with E-state index in [2.05, 4.69) is 4.72 Å². The molecule has 8 heteroatoms. The van der Waals surface area contributed by atoms with Crippen LogP contribution in [0.15, 0.2) is 59.5 Å². The third-order valence-electron chi connectivity index (χ3n) is 3.81. The zero-order valence-corrected chi connectivity index (χ0v) is 14.6. The molecular formula is C16H18N2O4S2. The molecule has 0 atom stereocenters. The first-order valence-electron chi connectivity index (χ1n) is 7.57. The molecule has 6 nitrogen and oxygen atoms in total. The topological polar surface area (TPSA) is 83.6 Å². The standard InChI is InChI=1S/C16H18N2O4S2/c19-23(20)13-5-4-12-18(23)15-8-10-16(11-9-15)24(21,22)17-14-6-2-1-3-7-14/h1-3,6-11,17H,4-5,12-13H2. The Labute approximate surface area is 142 Å². The number of hydrogen-bond acceptors (Lipinski definition) is 4. The van der Waals surface area contributed by atoms with Crippen molar-refractivity contribution in [3.05, 3.63) is 54.6 Å². The zero-order valence-electron chi connectivity index (χ0n) is 12.9. The lowest BCUT2D eigenvalue weighted by Crippen LogP contribution is -2.37. The summed E-state index contributed by atoms with van der Waals surface area (Å²) in [5, 5.41) is 0. The molecule has 0 bridgehead atoms. The van der Waals surface area contributed by atoms with Gasteiger partial charge in [0.1, 0.15) is 0 Å². The number of para-hydroxylation sites is 1. The van der Waals surface area contributed by atoms with Crippen LogP contribution in [0.4, 0.5) is 11.4 Å². The van der Waals surface area contributed by atoms with Crippen molar-refractivity contribution in [1.82, 2.24) is 0 Å². The molecule has 1 N–H and O–H groups in total. The van der Waals surface area contributed by atoms with Crippen LogP contribution in [0.1, 0.15) is 12.8 Å². The van der Waals surface area contributed by atoms with E-state index in [0.717, 1.165) is 6.42 Å². The molecule has 0 saturated carbocycles.